The summed E-state index contributed by atoms with van der Waals surface area (Å²) in [5, 5.41) is 19.1. The first kappa shape index (κ1) is 21.7. The summed E-state index contributed by atoms with van der Waals surface area (Å²) < 4.78 is 45.3. The molecule has 4 nitrogen and oxygen atoms in total. The molecule has 0 saturated heterocycles. The lowest BCUT2D eigenvalue weighted by molar-refractivity contribution is -0.137. The molecule has 0 aliphatic heterocycles. The van der Waals surface area contributed by atoms with Crippen molar-refractivity contribution in [2.24, 2.45) is 0 Å². The van der Waals surface area contributed by atoms with E-state index in [1.54, 1.807) is 24.3 Å². The summed E-state index contributed by atoms with van der Waals surface area (Å²) in [6.45, 7) is -0.469. The van der Waals surface area contributed by atoms with E-state index in [1.807, 2.05) is 0 Å². The number of aliphatic hydroxyl groups is 1. The highest BCUT2D eigenvalue weighted by Gasteiger charge is 2.31. The number of aromatic carboxylic acids is 1. The Hall–Kier alpha value is -3.03. The lowest BCUT2D eigenvalue weighted by Gasteiger charge is -2.18. The van der Waals surface area contributed by atoms with Crippen LogP contribution >= 0.6 is 11.6 Å². The normalized spacial score (nSPS) is 11.4. The number of hydrogen-bond donors (Lipinski definition) is 2. The maximum absolute atomic E-state index is 13.2. The highest BCUT2D eigenvalue weighted by Crippen LogP contribution is 2.42. The molecule has 0 heterocycles. The molecule has 0 aromatic heterocycles. The van der Waals surface area contributed by atoms with E-state index in [4.69, 9.17) is 16.3 Å². The van der Waals surface area contributed by atoms with Gasteiger partial charge in [0, 0.05) is 16.1 Å². The Balaban J connectivity index is 2.32. The zero-order valence-electron chi connectivity index (χ0n) is 15.4. The van der Waals surface area contributed by atoms with Crippen molar-refractivity contribution in [1.82, 2.24) is 0 Å². The highest BCUT2D eigenvalue weighted by molar-refractivity contribution is 6.30. The number of aliphatic hydroxyl groups excluding tert-OH is 1. The predicted molar refractivity (Wildman–Crippen MR) is 107 cm³/mol. The van der Waals surface area contributed by atoms with Crippen LogP contribution in [0.25, 0.3) is 22.3 Å². The Bertz CT molecular complexity index is 1080. The van der Waals surface area contributed by atoms with Crippen molar-refractivity contribution in [3.63, 3.8) is 0 Å². The standard InChI is InChI=1S/C22H16ClF3O4/c23-17-6-2-4-14(10-17)19-12-15(21(28)29)11-18(20(19)30-8-7-27)13-3-1-5-16(9-13)22(24,25)26/h1-6,9-12,27H,7-8H2,(H,28,29). The average Bonchev–Trinajstić information content (AvgIpc) is 2.71. The summed E-state index contributed by atoms with van der Waals surface area (Å²) in [7, 11) is 0. The number of alkyl halides is 3. The van der Waals surface area contributed by atoms with Crippen LogP contribution in [-0.2, 0) is 6.18 Å². The first-order valence-corrected chi connectivity index (χ1v) is 9.17. The molecule has 30 heavy (non-hydrogen) atoms. The van der Waals surface area contributed by atoms with Gasteiger partial charge in [0.25, 0.3) is 0 Å². The number of rotatable bonds is 6. The molecule has 3 aromatic rings. The Morgan fingerprint density at radius 1 is 0.967 bits per heavy atom. The third-order valence-corrected chi connectivity index (χ3v) is 4.55. The average molecular weight is 437 g/mol. The van der Waals surface area contributed by atoms with E-state index in [0.717, 1.165) is 12.1 Å². The topological polar surface area (TPSA) is 66.8 Å². The Kier molecular flexibility index (Phi) is 6.34. The first-order valence-electron chi connectivity index (χ1n) is 8.79. The molecule has 8 heteroatoms. The summed E-state index contributed by atoms with van der Waals surface area (Å²) in [4.78, 5) is 11.7. The molecular formula is C22H16ClF3O4. The zero-order valence-corrected chi connectivity index (χ0v) is 16.2. The van der Waals surface area contributed by atoms with E-state index >= 15 is 0 Å². The second-order valence-corrected chi connectivity index (χ2v) is 6.80. The monoisotopic (exact) mass is 436 g/mol. The van der Waals surface area contributed by atoms with Crippen LogP contribution in [0.5, 0.6) is 5.75 Å². The quantitative estimate of drug-likeness (QED) is 0.515. The van der Waals surface area contributed by atoms with Crippen LogP contribution in [-0.4, -0.2) is 29.4 Å². The fraction of sp³-hybridized carbons (Fsp3) is 0.136. The molecule has 0 spiro atoms. The van der Waals surface area contributed by atoms with Gasteiger partial charge in [0.05, 0.1) is 17.7 Å². The van der Waals surface area contributed by atoms with Crippen LogP contribution < -0.4 is 4.74 Å². The highest BCUT2D eigenvalue weighted by atomic mass is 35.5. The molecule has 0 atom stereocenters. The molecular weight excluding hydrogens is 421 g/mol. The number of carbonyl (C=O) groups is 1. The van der Waals surface area contributed by atoms with Crippen molar-refractivity contribution in [3.05, 3.63) is 76.8 Å². The number of carboxylic acid groups (broad SMARTS) is 1. The molecule has 0 aliphatic carbocycles. The molecule has 3 rings (SSSR count). The Labute approximate surface area is 175 Å². The Morgan fingerprint density at radius 3 is 2.10 bits per heavy atom. The molecule has 0 unspecified atom stereocenters. The van der Waals surface area contributed by atoms with E-state index in [1.165, 1.54) is 24.3 Å². The molecule has 2 N–H and O–H groups in total. The zero-order chi connectivity index (χ0) is 21.9. The third kappa shape index (κ3) is 4.75. The van der Waals surface area contributed by atoms with Crippen LogP contribution in [0.2, 0.25) is 5.02 Å². The van der Waals surface area contributed by atoms with Crippen LogP contribution in [0.1, 0.15) is 15.9 Å². The maximum atomic E-state index is 13.2. The van der Waals surface area contributed by atoms with E-state index in [9.17, 15) is 28.2 Å². The number of ether oxygens (including phenoxy) is 1. The lowest BCUT2D eigenvalue weighted by Crippen LogP contribution is -2.07. The molecule has 156 valence electrons. The molecule has 0 aliphatic rings. The van der Waals surface area contributed by atoms with Crippen LogP contribution in [0.15, 0.2) is 60.7 Å². The summed E-state index contributed by atoms with van der Waals surface area (Å²) in [6, 6.07) is 13.7. The summed E-state index contributed by atoms with van der Waals surface area (Å²) in [6.07, 6.45) is -4.57. The maximum Gasteiger partial charge on any atom is 0.416 e. The SMILES string of the molecule is O=C(O)c1cc(-c2cccc(Cl)c2)c(OCCO)c(-c2cccc(C(F)(F)F)c2)c1. The summed E-state index contributed by atoms with van der Waals surface area (Å²) in [5.41, 5.74) is 0.130. The summed E-state index contributed by atoms with van der Waals surface area (Å²) in [5.74, 6) is -1.10. The number of halogens is 4. The minimum absolute atomic E-state index is 0.129. The van der Waals surface area contributed by atoms with Crippen molar-refractivity contribution < 1.29 is 32.9 Å². The number of benzene rings is 3. The van der Waals surface area contributed by atoms with Gasteiger partial charge in [-0.2, -0.15) is 13.2 Å². The molecule has 0 saturated carbocycles. The van der Waals surface area contributed by atoms with E-state index < -0.39 is 17.7 Å². The fourth-order valence-electron chi connectivity index (χ4n) is 3.00. The minimum Gasteiger partial charge on any atom is -0.490 e. The molecule has 0 amide bonds. The molecule has 0 fully saturated rings. The molecule has 3 aromatic carbocycles. The van der Waals surface area contributed by atoms with Gasteiger partial charge in [-0.05, 0) is 47.5 Å². The van der Waals surface area contributed by atoms with Gasteiger partial charge in [0.1, 0.15) is 12.4 Å². The second-order valence-electron chi connectivity index (χ2n) is 6.37. The van der Waals surface area contributed by atoms with Crippen molar-refractivity contribution in [2.75, 3.05) is 13.2 Å². The van der Waals surface area contributed by atoms with Gasteiger partial charge in [-0.25, -0.2) is 4.79 Å². The van der Waals surface area contributed by atoms with Gasteiger partial charge >= 0.3 is 12.1 Å². The summed E-state index contributed by atoms with van der Waals surface area (Å²) >= 11 is 6.06. The van der Waals surface area contributed by atoms with Gasteiger partial charge in [-0.1, -0.05) is 35.9 Å². The minimum atomic E-state index is -4.57. The van der Waals surface area contributed by atoms with Crippen molar-refractivity contribution in [2.45, 2.75) is 6.18 Å². The second kappa shape index (κ2) is 8.77. The van der Waals surface area contributed by atoms with Crippen LogP contribution in [0, 0.1) is 0 Å². The largest absolute Gasteiger partial charge is 0.490 e. The van der Waals surface area contributed by atoms with Gasteiger partial charge in [-0.15, -0.1) is 0 Å². The Morgan fingerprint density at radius 2 is 1.57 bits per heavy atom. The fourth-order valence-corrected chi connectivity index (χ4v) is 3.19. The van der Waals surface area contributed by atoms with E-state index in [0.29, 0.717) is 16.1 Å². The smallest absolute Gasteiger partial charge is 0.416 e. The number of hydrogen-bond acceptors (Lipinski definition) is 3. The van der Waals surface area contributed by atoms with Crippen molar-refractivity contribution in [1.29, 1.82) is 0 Å². The van der Waals surface area contributed by atoms with E-state index in [2.05, 4.69) is 0 Å². The predicted octanol–water partition coefficient (Wildman–Crippen LogP) is 5.76. The molecule has 0 radical (unpaired) electrons. The first-order chi connectivity index (χ1) is 14.2. The lowest BCUT2D eigenvalue weighted by atomic mass is 9.93. The van der Waals surface area contributed by atoms with Gasteiger partial charge in [0.2, 0.25) is 0 Å². The van der Waals surface area contributed by atoms with Gasteiger partial charge in [0.15, 0.2) is 0 Å². The number of carboxylic acids is 1. The van der Waals surface area contributed by atoms with E-state index in [-0.39, 0.29) is 35.7 Å². The van der Waals surface area contributed by atoms with Gasteiger partial charge in [-0.3, -0.25) is 0 Å². The third-order valence-electron chi connectivity index (χ3n) is 4.31. The van der Waals surface area contributed by atoms with Gasteiger partial charge < -0.3 is 14.9 Å². The van der Waals surface area contributed by atoms with Crippen molar-refractivity contribution >= 4 is 17.6 Å². The van der Waals surface area contributed by atoms with Crippen molar-refractivity contribution in [3.8, 4) is 28.0 Å². The van der Waals surface area contributed by atoms with Crippen LogP contribution in [0.4, 0.5) is 13.2 Å². The van der Waals surface area contributed by atoms with Crippen LogP contribution in [0.3, 0.4) is 0 Å². The molecule has 0 bridgehead atoms.